The number of aromatic nitrogens is 2. The zero-order valence-corrected chi connectivity index (χ0v) is 20.4. The van der Waals surface area contributed by atoms with Crippen LogP contribution in [0.1, 0.15) is 11.4 Å². The van der Waals surface area contributed by atoms with Crippen molar-refractivity contribution in [3.05, 3.63) is 72.1 Å². The predicted octanol–water partition coefficient (Wildman–Crippen LogP) is 4.21. The smallest absolute Gasteiger partial charge is 0.229 e. The van der Waals surface area contributed by atoms with E-state index in [1.54, 1.807) is 14.2 Å². The zero-order valence-electron chi connectivity index (χ0n) is 19.6. The molecular weight excluding hydrogens is 450 g/mol. The maximum Gasteiger partial charge on any atom is 0.229 e. The van der Waals surface area contributed by atoms with Crippen molar-refractivity contribution in [1.82, 2.24) is 15.3 Å². The van der Waals surface area contributed by atoms with E-state index in [0.29, 0.717) is 17.0 Å². The number of aryl methyl sites for hydroxylation is 2. The Bertz CT molecular complexity index is 1080. The van der Waals surface area contributed by atoms with Crippen LogP contribution in [-0.4, -0.2) is 48.1 Å². The van der Waals surface area contributed by atoms with Gasteiger partial charge in [-0.05, 0) is 68.5 Å². The molecule has 0 radical (unpaired) electrons. The molecule has 2 aromatic carbocycles. The molecule has 9 nitrogen and oxygen atoms in total. The molecule has 3 aromatic rings. The molecule has 0 aliphatic carbocycles. The average molecular weight is 480 g/mol. The summed E-state index contributed by atoms with van der Waals surface area (Å²) in [7, 11) is 3.11. The highest BCUT2D eigenvalue weighted by Crippen LogP contribution is 2.18. The number of methoxy groups -OCH3 is 2. The van der Waals surface area contributed by atoms with Gasteiger partial charge < -0.3 is 25.4 Å². The molecule has 3 rings (SSSR count). The van der Waals surface area contributed by atoms with Gasteiger partial charge in [0.15, 0.2) is 11.4 Å². The first-order valence-electron chi connectivity index (χ1n) is 10.6. The third-order valence-corrected chi connectivity index (χ3v) is 4.78. The number of nitrogens with zero attached hydrogens (tertiary/aromatic N) is 3. The molecular formula is C24H29N7O2S. The molecule has 10 heteroatoms. The van der Waals surface area contributed by atoms with Crippen molar-refractivity contribution >= 4 is 46.3 Å². The first kappa shape index (κ1) is 25.0. The maximum absolute atomic E-state index is 5.49. The molecule has 34 heavy (non-hydrogen) atoms. The highest BCUT2D eigenvalue weighted by atomic mass is 32.1. The van der Waals surface area contributed by atoms with Gasteiger partial charge in [0.25, 0.3) is 0 Å². The summed E-state index contributed by atoms with van der Waals surface area (Å²) in [6.07, 6.45) is -0.495. The van der Waals surface area contributed by atoms with Gasteiger partial charge in [0.1, 0.15) is 0 Å². The molecule has 178 valence electrons. The van der Waals surface area contributed by atoms with Gasteiger partial charge in [-0.25, -0.2) is 15.0 Å². The van der Waals surface area contributed by atoms with E-state index in [4.69, 9.17) is 21.7 Å². The summed E-state index contributed by atoms with van der Waals surface area (Å²) in [6.45, 7) is 4.05. The van der Waals surface area contributed by atoms with Gasteiger partial charge in [-0.2, -0.15) is 0 Å². The Balaban J connectivity index is 1.66. The standard InChI is InChI=1S/C24H29N7O2S/c1-16-14-17(2)27-23(26-16)30-22(25-15-21(32-3)33-4)31-24(34)29-20-12-10-19(11-13-20)28-18-8-6-5-7-9-18/h5-14,21,28H,15H2,1-4H3,(H3,25,26,27,29,30,31,34). The average Bonchev–Trinajstić information content (AvgIpc) is 2.81. The molecule has 0 amide bonds. The van der Waals surface area contributed by atoms with Crippen molar-refractivity contribution in [1.29, 1.82) is 0 Å². The summed E-state index contributed by atoms with van der Waals surface area (Å²) < 4.78 is 10.4. The number of hydrogen-bond donors (Lipinski definition) is 4. The predicted molar refractivity (Wildman–Crippen MR) is 141 cm³/mol. The van der Waals surface area contributed by atoms with Crippen molar-refractivity contribution in [3.63, 3.8) is 0 Å². The number of ether oxygens (including phenoxy) is 2. The van der Waals surface area contributed by atoms with Gasteiger partial charge in [-0.15, -0.1) is 0 Å². The Morgan fingerprint density at radius 2 is 1.47 bits per heavy atom. The minimum absolute atomic E-state index is 0.246. The third-order valence-electron chi connectivity index (χ3n) is 4.57. The molecule has 0 saturated carbocycles. The van der Waals surface area contributed by atoms with Crippen LogP contribution in [-0.2, 0) is 9.47 Å². The number of thiocarbonyl (C=S) groups is 1. The van der Waals surface area contributed by atoms with Crippen molar-refractivity contribution < 1.29 is 9.47 Å². The van der Waals surface area contributed by atoms with Gasteiger partial charge in [0.2, 0.25) is 11.9 Å². The summed E-state index contributed by atoms with van der Waals surface area (Å²) in [6, 6.07) is 19.7. The first-order valence-corrected chi connectivity index (χ1v) is 11.1. The fourth-order valence-electron chi connectivity index (χ4n) is 3.00. The lowest BCUT2D eigenvalue weighted by Crippen LogP contribution is -2.39. The molecule has 0 bridgehead atoms. The van der Waals surface area contributed by atoms with Crippen LogP contribution in [0.25, 0.3) is 0 Å². The van der Waals surface area contributed by atoms with Crippen LogP contribution in [0.15, 0.2) is 65.7 Å². The second-order valence-electron chi connectivity index (χ2n) is 7.34. The van der Waals surface area contributed by atoms with Crippen LogP contribution >= 0.6 is 12.2 Å². The van der Waals surface area contributed by atoms with E-state index < -0.39 is 6.29 Å². The van der Waals surface area contributed by atoms with Crippen LogP contribution in [0.2, 0.25) is 0 Å². The topological polar surface area (TPSA) is 105 Å². The van der Waals surface area contributed by atoms with Gasteiger partial charge >= 0.3 is 0 Å². The molecule has 0 atom stereocenters. The largest absolute Gasteiger partial charge is 0.356 e. The maximum atomic E-state index is 5.49. The van der Waals surface area contributed by atoms with E-state index in [1.807, 2.05) is 74.5 Å². The van der Waals surface area contributed by atoms with Crippen molar-refractivity contribution in [2.75, 3.05) is 36.7 Å². The number of benzene rings is 2. The van der Waals surface area contributed by atoms with Crippen molar-refractivity contribution in [3.8, 4) is 0 Å². The Hall–Kier alpha value is -3.60. The number of nitrogens with one attached hydrogen (secondary N) is 4. The van der Waals surface area contributed by atoms with Crippen LogP contribution in [0, 0.1) is 13.8 Å². The Kier molecular flexibility index (Phi) is 9.27. The summed E-state index contributed by atoms with van der Waals surface area (Å²) in [5.74, 6) is 0.776. The molecule has 0 aliphatic rings. The summed E-state index contributed by atoms with van der Waals surface area (Å²) in [5.41, 5.74) is 4.49. The minimum Gasteiger partial charge on any atom is -0.356 e. The van der Waals surface area contributed by atoms with E-state index in [2.05, 4.69) is 36.2 Å². The van der Waals surface area contributed by atoms with Crippen molar-refractivity contribution in [2.24, 2.45) is 4.99 Å². The molecule has 0 unspecified atom stereocenters. The first-order chi connectivity index (χ1) is 16.4. The lowest BCUT2D eigenvalue weighted by Gasteiger charge is -2.16. The van der Waals surface area contributed by atoms with Crippen LogP contribution in [0.5, 0.6) is 0 Å². The van der Waals surface area contributed by atoms with E-state index >= 15 is 0 Å². The fourth-order valence-corrected chi connectivity index (χ4v) is 3.22. The number of rotatable bonds is 8. The number of para-hydroxylation sites is 1. The highest BCUT2D eigenvalue weighted by molar-refractivity contribution is 7.80. The van der Waals surface area contributed by atoms with Crippen LogP contribution < -0.4 is 21.3 Å². The third kappa shape index (κ3) is 8.07. The zero-order chi connectivity index (χ0) is 24.3. The Labute approximate surface area is 205 Å². The van der Waals surface area contributed by atoms with Gasteiger partial charge in [-0.1, -0.05) is 18.2 Å². The Morgan fingerprint density at radius 3 is 2.09 bits per heavy atom. The second kappa shape index (κ2) is 12.6. The minimum atomic E-state index is -0.495. The second-order valence-corrected chi connectivity index (χ2v) is 7.75. The normalized spacial score (nSPS) is 11.3. The number of aliphatic imine (C=N–C) groups is 1. The molecule has 0 spiro atoms. The SMILES string of the molecule is COC(CN=C(NC(=S)Nc1ccc(Nc2ccccc2)cc1)Nc1nc(C)cc(C)n1)OC. The monoisotopic (exact) mass is 479 g/mol. The van der Waals surface area contributed by atoms with E-state index in [9.17, 15) is 0 Å². The number of anilines is 4. The number of hydrogen-bond acceptors (Lipinski definition) is 7. The quantitative estimate of drug-likeness (QED) is 0.164. The lowest BCUT2D eigenvalue weighted by molar-refractivity contribution is -0.0937. The number of guanidine groups is 1. The summed E-state index contributed by atoms with van der Waals surface area (Å²) in [5, 5.41) is 13.0. The van der Waals surface area contributed by atoms with E-state index in [-0.39, 0.29) is 6.54 Å². The van der Waals surface area contributed by atoms with Crippen LogP contribution in [0.4, 0.5) is 23.0 Å². The van der Waals surface area contributed by atoms with E-state index in [0.717, 1.165) is 28.5 Å². The molecule has 0 saturated heterocycles. The lowest BCUT2D eigenvalue weighted by atomic mass is 10.2. The fraction of sp³-hybridized carbons (Fsp3) is 0.250. The van der Waals surface area contributed by atoms with Gasteiger partial charge in [0.05, 0.1) is 6.54 Å². The van der Waals surface area contributed by atoms with Gasteiger partial charge in [0, 0.05) is 42.7 Å². The van der Waals surface area contributed by atoms with Crippen molar-refractivity contribution in [2.45, 2.75) is 20.1 Å². The molecule has 1 heterocycles. The van der Waals surface area contributed by atoms with E-state index in [1.165, 1.54) is 0 Å². The molecule has 0 aliphatic heterocycles. The van der Waals surface area contributed by atoms with Crippen LogP contribution in [0.3, 0.4) is 0 Å². The Morgan fingerprint density at radius 1 is 0.882 bits per heavy atom. The highest BCUT2D eigenvalue weighted by Gasteiger charge is 2.10. The van der Waals surface area contributed by atoms with Gasteiger partial charge in [-0.3, -0.25) is 5.32 Å². The molecule has 4 N–H and O–H groups in total. The summed E-state index contributed by atoms with van der Waals surface area (Å²) in [4.78, 5) is 13.3. The molecule has 1 aromatic heterocycles. The molecule has 0 fully saturated rings. The summed E-state index contributed by atoms with van der Waals surface area (Å²) >= 11 is 5.49.